The Hall–Kier alpha value is -3.99. The third kappa shape index (κ3) is 4.37. The van der Waals surface area contributed by atoms with Gasteiger partial charge in [-0.1, -0.05) is 60.7 Å². The summed E-state index contributed by atoms with van der Waals surface area (Å²) in [4.78, 5) is 21.7. The average Bonchev–Trinajstić information content (AvgIpc) is 2.85. The average molecular weight is 421 g/mol. The molecule has 2 N–H and O–H groups in total. The summed E-state index contributed by atoms with van der Waals surface area (Å²) in [6.07, 6.45) is 4.67. The van der Waals surface area contributed by atoms with Crippen LogP contribution < -0.4 is 10.6 Å². The largest absolute Gasteiger partial charge is 0.345 e. The van der Waals surface area contributed by atoms with E-state index in [0.29, 0.717) is 11.4 Å². The zero-order valence-electron chi connectivity index (χ0n) is 17.7. The van der Waals surface area contributed by atoms with Crippen molar-refractivity contribution in [1.82, 2.24) is 15.3 Å². The zero-order valence-corrected chi connectivity index (χ0v) is 17.7. The molecule has 158 valence electrons. The van der Waals surface area contributed by atoms with Crippen molar-refractivity contribution in [2.45, 2.75) is 25.3 Å². The summed E-state index contributed by atoms with van der Waals surface area (Å²) in [5.41, 5.74) is 5.86. The number of hydrogen-bond acceptors (Lipinski definition) is 4. The standard InChI is InChI=1S/C27H24N4O/c32-27(31-24-15-7-11-19-8-4-5-14-23(19)24)21-12-6-13-22(16-21)30-26-17-25(28-18-29-26)20-9-2-1-3-10-20/h1-6,8-10,12-14,16-18,24H,7,11,15H2,(H,31,32)(H,28,29,30)/t24-/m0/s1. The fraction of sp³-hybridized carbons (Fsp3) is 0.148. The number of nitrogens with zero attached hydrogens (tertiary/aromatic N) is 2. The minimum absolute atomic E-state index is 0.0550. The number of aryl methyl sites for hydroxylation is 1. The summed E-state index contributed by atoms with van der Waals surface area (Å²) in [5.74, 6) is 0.612. The lowest BCUT2D eigenvalue weighted by molar-refractivity contribution is 0.0933. The summed E-state index contributed by atoms with van der Waals surface area (Å²) >= 11 is 0. The lowest BCUT2D eigenvalue weighted by Crippen LogP contribution is -2.31. The molecule has 1 amide bonds. The highest BCUT2D eigenvalue weighted by molar-refractivity contribution is 5.95. The Bertz CT molecular complexity index is 1240. The number of amides is 1. The van der Waals surface area contributed by atoms with Gasteiger partial charge in [0.25, 0.3) is 5.91 Å². The minimum atomic E-state index is -0.0667. The second kappa shape index (κ2) is 9.02. The van der Waals surface area contributed by atoms with E-state index in [4.69, 9.17) is 0 Å². The van der Waals surface area contributed by atoms with Gasteiger partial charge in [0.05, 0.1) is 11.7 Å². The van der Waals surface area contributed by atoms with Crippen LogP contribution >= 0.6 is 0 Å². The molecule has 0 bridgehead atoms. The number of anilines is 2. The van der Waals surface area contributed by atoms with Gasteiger partial charge in [-0.3, -0.25) is 4.79 Å². The summed E-state index contributed by atoms with van der Waals surface area (Å²) in [6.45, 7) is 0. The molecule has 0 fully saturated rings. The highest BCUT2D eigenvalue weighted by atomic mass is 16.1. The van der Waals surface area contributed by atoms with Crippen molar-refractivity contribution in [2.75, 3.05) is 5.32 Å². The van der Waals surface area contributed by atoms with E-state index in [0.717, 1.165) is 36.2 Å². The Labute approximate surface area is 187 Å². The van der Waals surface area contributed by atoms with Crippen LogP contribution in [0.25, 0.3) is 11.3 Å². The van der Waals surface area contributed by atoms with Gasteiger partial charge >= 0.3 is 0 Å². The third-order valence-electron chi connectivity index (χ3n) is 5.81. The molecule has 0 radical (unpaired) electrons. The van der Waals surface area contributed by atoms with Crippen molar-refractivity contribution < 1.29 is 4.79 Å². The Kier molecular flexibility index (Phi) is 5.62. The topological polar surface area (TPSA) is 66.9 Å². The number of carbonyl (C=O) groups excluding carboxylic acids is 1. The van der Waals surface area contributed by atoms with Crippen LogP contribution in [0.1, 0.15) is 40.4 Å². The molecular weight excluding hydrogens is 396 g/mol. The van der Waals surface area contributed by atoms with E-state index >= 15 is 0 Å². The molecular formula is C27H24N4O. The first-order valence-electron chi connectivity index (χ1n) is 10.9. The van der Waals surface area contributed by atoms with E-state index in [1.807, 2.05) is 66.7 Å². The third-order valence-corrected chi connectivity index (χ3v) is 5.81. The fourth-order valence-corrected chi connectivity index (χ4v) is 4.22. The van der Waals surface area contributed by atoms with E-state index in [2.05, 4.69) is 38.8 Å². The van der Waals surface area contributed by atoms with Crippen molar-refractivity contribution in [1.29, 1.82) is 0 Å². The predicted molar refractivity (Wildman–Crippen MR) is 127 cm³/mol. The molecule has 1 atom stereocenters. The van der Waals surface area contributed by atoms with Crippen LogP contribution in [0.15, 0.2) is 91.3 Å². The SMILES string of the molecule is O=C(N[C@H]1CCCc2ccccc21)c1cccc(Nc2cc(-c3ccccc3)ncn2)c1. The van der Waals surface area contributed by atoms with Gasteiger partial charge in [0.1, 0.15) is 12.1 Å². The lowest BCUT2D eigenvalue weighted by Gasteiger charge is -2.26. The zero-order chi connectivity index (χ0) is 21.8. The van der Waals surface area contributed by atoms with E-state index < -0.39 is 0 Å². The second-order valence-corrected chi connectivity index (χ2v) is 7.98. The van der Waals surface area contributed by atoms with E-state index in [-0.39, 0.29) is 11.9 Å². The molecule has 0 saturated heterocycles. The molecule has 3 aromatic carbocycles. The molecule has 0 aliphatic heterocycles. The number of benzene rings is 3. The minimum Gasteiger partial charge on any atom is -0.345 e. The second-order valence-electron chi connectivity index (χ2n) is 7.98. The molecule has 0 spiro atoms. The summed E-state index contributed by atoms with van der Waals surface area (Å²) < 4.78 is 0. The molecule has 5 heteroatoms. The summed E-state index contributed by atoms with van der Waals surface area (Å²) in [5, 5.41) is 6.52. The summed E-state index contributed by atoms with van der Waals surface area (Å²) in [7, 11) is 0. The first-order valence-corrected chi connectivity index (χ1v) is 10.9. The molecule has 5 nitrogen and oxygen atoms in total. The van der Waals surface area contributed by atoms with Gasteiger partial charge in [0.15, 0.2) is 0 Å². The Morgan fingerprint density at radius 2 is 1.72 bits per heavy atom. The predicted octanol–water partition coefficient (Wildman–Crippen LogP) is 5.69. The van der Waals surface area contributed by atoms with Gasteiger partial charge in [-0.2, -0.15) is 0 Å². The first-order chi connectivity index (χ1) is 15.8. The van der Waals surface area contributed by atoms with Crippen LogP contribution in [-0.4, -0.2) is 15.9 Å². The monoisotopic (exact) mass is 420 g/mol. The molecule has 1 aromatic heterocycles. The molecule has 0 saturated carbocycles. The van der Waals surface area contributed by atoms with Crippen molar-refractivity contribution in [3.63, 3.8) is 0 Å². The number of aromatic nitrogens is 2. The molecule has 1 heterocycles. The highest BCUT2D eigenvalue weighted by Gasteiger charge is 2.22. The van der Waals surface area contributed by atoms with Crippen molar-refractivity contribution in [3.05, 3.63) is 108 Å². The first kappa shape index (κ1) is 19.9. The smallest absolute Gasteiger partial charge is 0.251 e. The molecule has 1 aliphatic carbocycles. The number of nitrogens with one attached hydrogen (secondary N) is 2. The van der Waals surface area contributed by atoms with Crippen LogP contribution in [0.5, 0.6) is 0 Å². The van der Waals surface area contributed by atoms with Crippen LogP contribution in [0.2, 0.25) is 0 Å². The van der Waals surface area contributed by atoms with Gasteiger partial charge < -0.3 is 10.6 Å². The lowest BCUT2D eigenvalue weighted by atomic mass is 9.87. The Balaban J connectivity index is 1.32. The fourth-order valence-electron chi connectivity index (χ4n) is 4.22. The Morgan fingerprint density at radius 1 is 0.875 bits per heavy atom. The molecule has 4 aromatic rings. The Morgan fingerprint density at radius 3 is 2.62 bits per heavy atom. The van der Waals surface area contributed by atoms with E-state index in [1.165, 1.54) is 11.1 Å². The molecule has 5 rings (SSSR count). The summed E-state index contributed by atoms with van der Waals surface area (Å²) in [6, 6.07) is 27.8. The van der Waals surface area contributed by atoms with Crippen LogP contribution in [0.3, 0.4) is 0 Å². The van der Waals surface area contributed by atoms with Gasteiger partial charge in [-0.05, 0) is 48.6 Å². The van der Waals surface area contributed by atoms with Crippen LogP contribution in [-0.2, 0) is 6.42 Å². The van der Waals surface area contributed by atoms with Crippen molar-refractivity contribution in [2.24, 2.45) is 0 Å². The maximum atomic E-state index is 13.0. The van der Waals surface area contributed by atoms with Crippen molar-refractivity contribution >= 4 is 17.4 Å². The molecule has 32 heavy (non-hydrogen) atoms. The quantitative estimate of drug-likeness (QED) is 0.435. The maximum absolute atomic E-state index is 13.0. The van der Waals surface area contributed by atoms with Crippen LogP contribution in [0.4, 0.5) is 11.5 Å². The number of fused-ring (bicyclic) bond motifs is 1. The maximum Gasteiger partial charge on any atom is 0.251 e. The highest BCUT2D eigenvalue weighted by Crippen LogP contribution is 2.30. The van der Waals surface area contributed by atoms with Gasteiger partial charge in [-0.25, -0.2) is 9.97 Å². The number of carbonyl (C=O) groups is 1. The number of hydrogen-bond donors (Lipinski definition) is 2. The van der Waals surface area contributed by atoms with Crippen molar-refractivity contribution in [3.8, 4) is 11.3 Å². The normalized spacial score (nSPS) is 14.9. The van der Waals surface area contributed by atoms with Gasteiger partial charge in [0.2, 0.25) is 0 Å². The van der Waals surface area contributed by atoms with E-state index in [9.17, 15) is 4.79 Å². The van der Waals surface area contributed by atoms with Gasteiger partial charge in [0, 0.05) is 22.9 Å². The molecule has 0 unspecified atom stereocenters. The van der Waals surface area contributed by atoms with Crippen LogP contribution in [0, 0.1) is 0 Å². The molecule has 1 aliphatic rings. The number of rotatable bonds is 5. The van der Waals surface area contributed by atoms with E-state index in [1.54, 1.807) is 6.33 Å². The van der Waals surface area contributed by atoms with Gasteiger partial charge in [-0.15, -0.1) is 0 Å².